The first-order valence-corrected chi connectivity index (χ1v) is 7.27. The highest BCUT2D eigenvalue weighted by Gasteiger charge is 2.19. The molecule has 0 amide bonds. The summed E-state index contributed by atoms with van der Waals surface area (Å²) in [6.45, 7) is 5.47. The van der Waals surface area contributed by atoms with Crippen LogP contribution in [0.2, 0.25) is 0 Å². The van der Waals surface area contributed by atoms with Gasteiger partial charge in [-0.1, -0.05) is 12.1 Å². The lowest BCUT2D eigenvalue weighted by Gasteiger charge is -2.17. The van der Waals surface area contributed by atoms with Crippen molar-refractivity contribution < 1.29 is 14.6 Å². The molecule has 2 N–H and O–H groups in total. The summed E-state index contributed by atoms with van der Waals surface area (Å²) in [7, 11) is 4.00. The smallest absolute Gasteiger partial charge is 0.325 e. The highest BCUT2D eigenvalue weighted by molar-refractivity contribution is 5.75. The first-order valence-electron chi connectivity index (χ1n) is 7.27. The number of carboxylic acids is 1. The largest absolute Gasteiger partial charge is 0.491 e. The van der Waals surface area contributed by atoms with Crippen LogP contribution in [0.1, 0.15) is 31.9 Å². The molecule has 21 heavy (non-hydrogen) atoms. The maximum absolute atomic E-state index is 11.4. The maximum Gasteiger partial charge on any atom is 0.325 e. The molecule has 1 rings (SSSR count). The topological polar surface area (TPSA) is 61.8 Å². The number of nitrogens with one attached hydrogen (secondary N) is 1. The van der Waals surface area contributed by atoms with E-state index < -0.39 is 12.0 Å². The number of benzene rings is 1. The molecule has 0 aliphatic carbocycles. The first kappa shape index (κ1) is 17.5. The molecule has 5 nitrogen and oxygen atoms in total. The van der Waals surface area contributed by atoms with E-state index in [0.717, 1.165) is 13.0 Å². The molecule has 1 unspecified atom stereocenters. The lowest BCUT2D eigenvalue weighted by atomic mass is 10.1. The zero-order chi connectivity index (χ0) is 15.8. The Morgan fingerprint density at radius 2 is 2.10 bits per heavy atom. The van der Waals surface area contributed by atoms with Crippen molar-refractivity contribution in [2.75, 3.05) is 27.2 Å². The Hall–Kier alpha value is -1.59. The summed E-state index contributed by atoms with van der Waals surface area (Å²) in [5.41, 5.74) is 0.713. The van der Waals surface area contributed by atoms with Crippen molar-refractivity contribution in [3.63, 3.8) is 0 Å². The van der Waals surface area contributed by atoms with E-state index in [9.17, 15) is 9.90 Å². The number of rotatable bonds is 9. The highest BCUT2D eigenvalue weighted by atomic mass is 16.5. The second-order valence-electron chi connectivity index (χ2n) is 5.62. The SMILES string of the molecule is CC(C)Oc1cccc(C(NCCCN(C)C)C(=O)O)c1. The van der Waals surface area contributed by atoms with E-state index in [1.54, 1.807) is 6.07 Å². The minimum absolute atomic E-state index is 0.0663. The van der Waals surface area contributed by atoms with Crippen LogP contribution in [-0.2, 0) is 4.79 Å². The molecule has 1 atom stereocenters. The van der Waals surface area contributed by atoms with Gasteiger partial charge in [0, 0.05) is 0 Å². The van der Waals surface area contributed by atoms with Crippen LogP contribution >= 0.6 is 0 Å². The van der Waals surface area contributed by atoms with Crippen molar-refractivity contribution in [1.82, 2.24) is 10.2 Å². The number of carboxylic acid groups (broad SMARTS) is 1. The molecular formula is C16H26N2O3. The highest BCUT2D eigenvalue weighted by Crippen LogP contribution is 2.20. The Bertz CT molecular complexity index is 447. The minimum Gasteiger partial charge on any atom is -0.491 e. The summed E-state index contributed by atoms with van der Waals surface area (Å²) in [6.07, 6.45) is 0.968. The molecule has 0 fully saturated rings. The molecule has 0 saturated heterocycles. The van der Waals surface area contributed by atoms with Gasteiger partial charge in [-0.25, -0.2) is 0 Å². The van der Waals surface area contributed by atoms with Crippen LogP contribution in [0.3, 0.4) is 0 Å². The van der Waals surface area contributed by atoms with Gasteiger partial charge in [0.2, 0.25) is 0 Å². The number of carbonyl (C=O) groups is 1. The van der Waals surface area contributed by atoms with Gasteiger partial charge in [0.25, 0.3) is 0 Å². The van der Waals surface area contributed by atoms with Crippen LogP contribution in [0, 0.1) is 0 Å². The van der Waals surface area contributed by atoms with E-state index >= 15 is 0 Å². The molecule has 5 heteroatoms. The van der Waals surface area contributed by atoms with Gasteiger partial charge in [0.1, 0.15) is 11.8 Å². The fourth-order valence-electron chi connectivity index (χ4n) is 2.03. The summed E-state index contributed by atoms with van der Waals surface area (Å²) >= 11 is 0. The van der Waals surface area contributed by atoms with Gasteiger partial charge in [-0.15, -0.1) is 0 Å². The Kier molecular flexibility index (Phi) is 7.19. The monoisotopic (exact) mass is 294 g/mol. The number of hydrogen-bond acceptors (Lipinski definition) is 4. The third kappa shape index (κ3) is 6.60. The van der Waals surface area contributed by atoms with Crippen molar-refractivity contribution in [1.29, 1.82) is 0 Å². The van der Waals surface area contributed by atoms with Crippen LogP contribution in [0.25, 0.3) is 0 Å². The van der Waals surface area contributed by atoms with E-state index in [1.165, 1.54) is 0 Å². The summed E-state index contributed by atoms with van der Waals surface area (Å²) in [6, 6.07) is 6.56. The number of ether oxygens (including phenoxy) is 1. The summed E-state index contributed by atoms with van der Waals surface area (Å²) in [5, 5.41) is 12.5. The Morgan fingerprint density at radius 3 is 2.67 bits per heavy atom. The molecule has 0 aromatic heterocycles. The lowest BCUT2D eigenvalue weighted by molar-refractivity contribution is -0.139. The average molecular weight is 294 g/mol. The molecule has 0 bridgehead atoms. The van der Waals surface area contributed by atoms with Crippen LogP contribution in [0.15, 0.2) is 24.3 Å². The maximum atomic E-state index is 11.4. The summed E-state index contributed by atoms with van der Waals surface area (Å²) < 4.78 is 5.61. The lowest BCUT2D eigenvalue weighted by Crippen LogP contribution is -2.30. The van der Waals surface area contributed by atoms with Gasteiger partial charge >= 0.3 is 5.97 Å². The van der Waals surface area contributed by atoms with Crippen LogP contribution < -0.4 is 10.1 Å². The van der Waals surface area contributed by atoms with Crippen LogP contribution in [-0.4, -0.2) is 49.3 Å². The average Bonchev–Trinajstić information content (AvgIpc) is 2.37. The molecule has 0 spiro atoms. The van der Waals surface area contributed by atoms with Crippen LogP contribution in [0.4, 0.5) is 0 Å². The van der Waals surface area contributed by atoms with E-state index in [4.69, 9.17) is 4.74 Å². The van der Waals surface area contributed by atoms with E-state index in [0.29, 0.717) is 17.9 Å². The fraction of sp³-hybridized carbons (Fsp3) is 0.562. The molecule has 0 radical (unpaired) electrons. The second kappa shape index (κ2) is 8.64. The van der Waals surface area contributed by atoms with E-state index in [-0.39, 0.29) is 6.10 Å². The Morgan fingerprint density at radius 1 is 1.38 bits per heavy atom. The van der Waals surface area contributed by atoms with Gasteiger partial charge < -0.3 is 20.1 Å². The van der Waals surface area contributed by atoms with Crippen molar-refractivity contribution >= 4 is 5.97 Å². The molecular weight excluding hydrogens is 268 g/mol. The van der Waals surface area contributed by atoms with Crippen molar-refractivity contribution in [3.8, 4) is 5.75 Å². The van der Waals surface area contributed by atoms with Crippen molar-refractivity contribution in [3.05, 3.63) is 29.8 Å². The molecule has 0 heterocycles. The third-order valence-electron chi connectivity index (χ3n) is 2.94. The molecule has 1 aromatic carbocycles. The van der Waals surface area contributed by atoms with Gasteiger partial charge in [-0.05, 0) is 65.1 Å². The van der Waals surface area contributed by atoms with Gasteiger partial charge in [0.15, 0.2) is 0 Å². The molecule has 0 saturated carbocycles. The normalized spacial score (nSPS) is 12.7. The number of nitrogens with zero attached hydrogens (tertiary/aromatic N) is 1. The molecule has 0 aliphatic rings. The molecule has 118 valence electrons. The van der Waals surface area contributed by atoms with E-state index in [1.807, 2.05) is 46.1 Å². The van der Waals surface area contributed by atoms with Gasteiger partial charge in [-0.3, -0.25) is 4.79 Å². The number of aliphatic carboxylic acids is 1. The minimum atomic E-state index is -0.874. The first-order chi connectivity index (χ1) is 9.90. The molecule has 0 aliphatic heterocycles. The Balaban J connectivity index is 2.69. The van der Waals surface area contributed by atoms with Gasteiger partial charge in [-0.2, -0.15) is 0 Å². The van der Waals surface area contributed by atoms with Crippen molar-refractivity contribution in [2.24, 2.45) is 0 Å². The second-order valence-corrected chi connectivity index (χ2v) is 5.62. The zero-order valence-corrected chi connectivity index (χ0v) is 13.3. The Labute approximate surface area is 126 Å². The summed E-state index contributed by atoms with van der Waals surface area (Å²) in [4.78, 5) is 13.5. The fourth-order valence-corrected chi connectivity index (χ4v) is 2.03. The zero-order valence-electron chi connectivity index (χ0n) is 13.3. The molecule has 1 aromatic rings. The predicted molar refractivity (Wildman–Crippen MR) is 83.8 cm³/mol. The van der Waals surface area contributed by atoms with Gasteiger partial charge in [0.05, 0.1) is 6.10 Å². The standard InChI is InChI=1S/C16H26N2O3/c1-12(2)21-14-8-5-7-13(11-14)15(16(19)20)17-9-6-10-18(3)4/h5,7-8,11-12,15,17H,6,9-10H2,1-4H3,(H,19,20). The van der Waals surface area contributed by atoms with Crippen LogP contribution in [0.5, 0.6) is 5.75 Å². The number of hydrogen-bond donors (Lipinski definition) is 2. The third-order valence-corrected chi connectivity index (χ3v) is 2.94. The predicted octanol–water partition coefficient (Wildman–Crippen LogP) is 2.14. The quantitative estimate of drug-likeness (QED) is 0.683. The van der Waals surface area contributed by atoms with Crippen molar-refractivity contribution in [2.45, 2.75) is 32.4 Å². The summed E-state index contributed by atoms with van der Waals surface area (Å²) in [5.74, 6) is -0.176. The van der Waals surface area contributed by atoms with E-state index in [2.05, 4.69) is 10.2 Å².